The Hall–Kier alpha value is -0.420. The van der Waals surface area contributed by atoms with Crippen LogP contribution in [-0.2, 0) is 0 Å². The van der Waals surface area contributed by atoms with Gasteiger partial charge in [-0.25, -0.2) is 9.50 Å². The fourth-order valence-corrected chi connectivity index (χ4v) is 1.43. The predicted molar refractivity (Wildman–Crippen MR) is 47.2 cm³/mol. The van der Waals surface area contributed by atoms with Gasteiger partial charge in [0.05, 0.1) is 8.95 Å². The van der Waals surface area contributed by atoms with Crippen LogP contribution in [0.2, 0.25) is 0 Å². The van der Waals surface area contributed by atoms with Gasteiger partial charge in [-0.05, 0) is 31.9 Å². The lowest BCUT2D eigenvalue weighted by Gasteiger charge is -1.91. The molecule has 0 bridgehead atoms. The van der Waals surface area contributed by atoms with Gasteiger partial charge >= 0.3 is 0 Å². The van der Waals surface area contributed by atoms with Crippen molar-refractivity contribution in [1.29, 1.82) is 0 Å². The first-order valence-corrected chi connectivity index (χ1v) is 4.43. The van der Waals surface area contributed by atoms with E-state index in [9.17, 15) is 0 Å². The first-order chi connectivity index (χ1) is 5.27. The maximum absolute atomic E-state index is 4.12. The SMILES string of the molecule is Brc1cnc2c(Br)[c]nn2c1. The number of aromatic nitrogens is 3. The Bertz CT molecular complexity index is 396. The highest BCUT2D eigenvalue weighted by atomic mass is 79.9. The predicted octanol–water partition coefficient (Wildman–Crippen LogP) is 2.05. The molecule has 0 aliphatic rings. The molecule has 0 unspecified atom stereocenters. The second-order valence-electron chi connectivity index (χ2n) is 1.97. The molecule has 2 aromatic rings. The first kappa shape index (κ1) is 7.24. The van der Waals surface area contributed by atoms with Crippen molar-refractivity contribution in [2.75, 3.05) is 0 Å². The third-order valence-electron chi connectivity index (χ3n) is 1.22. The van der Waals surface area contributed by atoms with Crippen LogP contribution < -0.4 is 0 Å². The second-order valence-corrected chi connectivity index (χ2v) is 3.67. The highest BCUT2D eigenvalue weighted by Crippen LogP contribution is 2.15. The minimum Gasteiger partial charge on any atom is -0.235 e. The van der Waals surface area contributed by atoms with Crippen molar-refractivity contribution in [3.63, 3.8) is 0 Å². The van der Waals surface area contributed by atoms with E-state index < -0.39 is 0 Å². The van der Waals surface area contributed by atoms with Crippen molar-refractivity contribution in [2.24, 2.45) is 0 Å². The van der Waals surface area contributed by atoms with E-state index in [2.05, 4.69) is 48.1 Å². The Balaban J connectivity index is 2.86. The van der Waals surface area contributed by atoms with E-state index in [-0.39, 0.29) is 0 Å². The average Bonchev–Trinajstić information content (AvgIpc) is 2.32. The summed E-state index contributed by atoms with van der Waals surface area (Å²) >= 11 is 6.56. The van der Waals surface area contributed by atoms with Gasteiger partial charge in [0, 0.05) is 12.4 Å². The highest BCUT2D eigenvalue weighted by Gasteiger charge is 2.01. The summed E-state index contributed by atoms with van der Waals surface area (Å²) in [6.45, 7) is 0. The summed E-state index contributed by atoms with van der Waals surface area (Å²) in [5.74, 6) is 0. The zero-order valence-electron chi connectivity index (χ0n) is 5.25. The number of rotatable bonds is 0. The van der Waals surface area contributed by atoms with Gasteiger partial charge in [0.15, 0.2) is 5.65 Å². The lowest BCUT2D eigenvalue weighted by atomic mass is 10.6. The lowest BCUT2D eigenvalue weighted by molar-refractivity contribution is 0.929. The van der Waals surface area contributed by atoms with Crippen LogP contribution >= 0.6 is 31.9 Å². The van der Waals surface area contributed by atoms with Crippen LogP contribution in [-0.4, -0.2) is 14.6 Å². The first-order valence-electron chi connectivity index (χ1n) is 2.84. The number of hydrogen-bond acceptors (Lipinski definition) is 2. The molecule has 5 heteroatoms. The molecule has 2 rings (SSSR count). The van der Waals surface area contributed by atoms with Crippen LogP contribution in [0.5, 0.6) is 0 Å². The topological polar surface area (TPSA) is 30.2 Å². The maximum Gasteiger partial charge on any atom is 0.170 e. The fraction of sp³-hybridized carbons (Fsp3) is 0. The molecule has 0 saturated heterocycles. The number of nitrogens with zero attached hydrogens (tertiary/aromatic N) is 3. The van der Waals surface area contributed by atoms with Crippen molar-refractivity contribution in [1.82, 2.24) is 14.6 Å². The van der Waals surface area contributed by atoms with Crippen LogP contribution in [0.3, 0.4) is 0 Å². The zero-order valence-corrected chi connectivity index (χ0v) is 8.42. The molecule has 2 heterocycles. The third-order valence-corrected chi connectivity index (χ3v) is 2.17. The lowest BCUT2D eigenvalue weighted by Crippen LogP contribution is -1.88. The highest BCUT2D eigenvalue weighted by molar-refractivity contribution is 9.11. The maximum atomic E-state index is 4.12. The molecule has 0 N–H and O–H groups in total. The molecular weight excluding hydrogens is 274 g/mol. The van der Waals surface area contributed by atoms with E-state index in [0.717, 1.165) is 14.6 Å². The Morgan fingerprint density at radius 2 is 2.27 bits per heavy atom. The summed E-state index contributed by atoms with van der Waals surface area (Å²) in [6, 6.07) is 0. The van der Waals surface area contributed by atoms with Crippen molar-refractivity contribution < 1.29 is 0 Å². The van der Waals surface area contributed by atoms with Crippen LogP contribution in [0, 0.1) is 6.20 Å². The molecule has 2 aromatic heterocycles. The van der Waals surface area contributed by atoms with E-state index in [1.54, 1.807) is 10.7 Å². The van der Waals surface area contributed by atoms with Crippen LogP contribution in [0.25, 0.3) is 5.65 Å². The van der Waals surface area contributed by atoms with E-state index in [0.29, 0.717) is 0 Å². The number of hydrogen-bond donors (Lipinski definition) is 0. The summed E-state index contributed by atoms with van der Waals surface area (Å²) in [5.41, 5.74) is 0.771. The normalized spacial score (nSPS) is 10.7. The molecule has 3 nitrogen and oxygen atoms in total. The van der Waals surface area contributed by atoms with Gasteiger partial charge in [-0.2, -0.15) is 5.10 Å². The van der Waals surface area contributed by atoms with Crippen molar-refractivity contribution in [3.05, 3.63) is 27.5 Å². The summed E-state index contributed by atoms with van der Waals surface area (Å²) in [6.07, 6.45) is 6.29. The molecule has 0 fully saturated rings. The molecule has 11 heavy (non-hydrogen) atoms. The van der Waals surface area contributed by atoms with Crippen molar-refractivity contribution >= 4 is 37.5 Å². The quantitative estimate of drug-likeness (QED) is 0.737. The van der Waals surface area contributed by atoms with Crippen LogP contribution in [0.15, 0.2) is 21.3 Å². The van der Waals surface area contributed by atoms with Gasteiger partial charge in [-0.1, -0.05) is 0 Å². The third kappa shape index (κ3) is 1.18. The largest absolute Gasteiger partial charge is 0.235 e. The van der Waals surface area contributed by atoms with Gasteiger partial charge in [0.1, 0.15) is 6.20 Å². The fourth-order valence-electron chi connectivity index (χ4n) is 0.774. The summed E-state index contributed by atoms with van der Waals surface area (Å²) < 4.78 is 3.33. The summed E-state index contributed by atoms with van der Waals surface area (Å²) in [7, 11) is 0. The van der Waals surface area contributed by atoms with Crippen molar-refractivity contribution in [2.45, 2.75) is 0 Å². The Labute approximate surface area is 79.7 Å². The zero-order chi connectivity index (χ0) is 7.84. The Kier molecular flexibility index (Phi) is 1.69. The molecule has 0 saturated carbocycles. The van der Waals surface area contributed by atoms with Gasteiger partial charge in [-0.15, -0.1) is 0 Å². The molecule has 55 valence electrons. The molecule has 0 aliphatic carbocycles. The van der Waals surface area contributed by atoms with E-state index in [1.165, 1.54) is 0 Å². The van der Waals surface area contributed by atoms with Gasteiger partial charge in [-0.3, -0.25) is 0 Å². The number of halogens is 2. The van der Waals surface area contributed by atoms with Gasteiger partial charge in [0.2, 0.25) is 0 Å². The average molecular weight is 276 g/mol. The van der Waals surface area contributed by atoms with E-state index in [4.69, 9.17) is 0 Å². The standard InChI is InChI=1S/C6H2Br2N3/c7-4-1-9-6-5(8)2-10-11(6)3-4/h1,3H. The molecule has 0 aliphatic heterocycles. The molecule has 1 radical (unpaired) electrons. The van der Waals surface area contributed by atoms with E-state index >= 15 is 0 Å². The second kappa shape index (κ2) is 2.57. The minimum atomic E-state index is 0.771. The van der Waals surface area contributed by atoms with Gasteiger partial charge in [0.25, 0.3) is 0 Å². The molecule has 0 atom stereocenters. The summed E-state index contributed by atoms with van der Waals surface area (Å²) in [4.78, 5) is 4.12. The monoisotopic (exact) mass is 274 g/mol. The Morgan fingerprint density at radius 3 is 3.09 bits per heavy atom. The number of fused-ring (bicyclic) bond motifs is 1. The summed E-state index contributed by atoms with van der Waals surface area (Å²) in [5, 5.41) is 3.93. The van der Waals surface area contributed by atoms with Gasteiger partial charge < -0.3 is 0 Å². The molecular formula is C6H2Br2N3. The van der Waals surface area contributed by atoms with Crippen LogP contribution in [0.1, 0.15) is 0 Å². The van der Waals surface area contributed by atoms with Crippen LogP contribution in [0.4, 0.5) is 0 Å². The van der Waals surface area contributed by atoms with Crippen molar-refractivity contribution in [3.8, 4) is 0 Å². The Morgan fingerprint density at radius 1 is 1.45 bits per heavy atom. The van der Waals surface area contributed by atoms with E-state index in [1.807, 2.05) is 6.20 Å². The molecule has 0 spiro atoms. The molecule has 0 aromatic carbocycles. The smallest absolute Gasteiger partial charge is 0.170 e. The minimum absolute atomic E-state index is 0.771. The molecule has 0 amide bonds.